The molecule has 163 valence electrons. The Morgan fingerprint density at radius 1 is 0.806 bits per heavy atom. The second-order valence-electron chi connectivity index (χ2n) is 8.58. The van der Waals surface area contributed by atoms with Crippen LogP contribution in [0, 0.1) is 17.8 Å². The van der Waals surface area contributed by atoms with Crippen molar-refractivity contribution in [2.75, 3.05) is 0 Å². The van der Waals surface area contributed by atoms with Gasteiger partial charge < -0.3 is 10.2 Å². The molecule has 1 aliphatic rings. The molecule has 2 aromatic rings. The molecule has 2 atom stereocenters. The molecule has 1 saturated carbocycles. The van der Waals surface area contributed by atoms with Crippen LogP contribution in [0.5, 0.6) is 0 Å². The topological polar surface area (TPSA) is 74.6 Å². The van der Waals surface area contributed by atoms with E-state index >= 15 is 0 Å². The number of aliphatic carboxylic acids is 2. The maximum Gasteiger partial charge on any atom is 0.307 e. The van der Waals surface area contributed by atoms with Crippen molar-refractivity contribution in [3.05, 3.63) is 59.7 Å². The van der Waals surface area contributed by atoms with Gasteiger partial charge >= 0.3 is 11.9 Å². The Hall–Kier alpha value is -1.52. The van der Waals surface area contributed by atoms with Crippen LogP contribution >= 0.6 is 0 Å². The molecule has 1 aliphatic carbocycles. The summed E-state index contributed by atoms with van der Waals surface area (Å²) in [5.41, 5.74) is 4.35. The van der Waals surface area contributed by atoms with Gasteiger partial charge in [0.15, 0.2) is 0 Å². The zero-order chi connectivity index (χ0) is 21.5. The van der Waals surface area contributed by atoms with Crippen molar-refractivity contribution in [1.29, 1.82) is 0 Å². The van der Waals surface area contributed by atoms with Gasteiger partial charge in [-0.2, -0.15) is 0 Å². The number of aryl methyl sites for hydroxylation is 1. The smallest absolute Gasteiger partial charge is 0.307 e. The van der Waals surface area contributed by atoms with E-state index in [0.717, 1.165) is 48.8 Å². The fourth-order valence-electron chi connectivity index (χ4n) is 4.64. The molecule has 0 saturated heterocycles. The third kappa shape index (κ3) is 7.25. The summed E-state index contributed by atoms with van der Waals surface area (Å²) in [6.07, 6.45) is 7.18. The molecule has 0 aliphatic heterocycles. The Labute approximate surface area is 210 Å². The minimum atomic E-state index is -1.02. The van der Waals surface area contributed by atoms with E-state index in [4.69, 9.17) is 0 Å². The molecule has 1 radical (unpaired) electrons. The first-order chi connectivity index (χ1) is 14.5. The number of carbonyl (C=O) groups is 2. The van der Waals surface area contributed by atoms with E-state index in [1.165, 1.54) is 12.0 Å². The summed E-state index contributed by atoms with van der Waals surface area (Å²) < 4.78 is 0. The summed E-state index contributed by atoms with van der Waals surface area (Å²) in [6, 6.07) is 16.3. The second-order valence-corrected chi connectivity index (χ2v) is 8.58. The molecule has 3 rings (SSSR count). The first-order valence-electron chi connectivity index (χ1n) is 11.1. The van der Waals surface area contributed by atoms with Crippen LogP contribution in [-0.2, 0) is 55.1 Å². The van der Waals surface area contributed by atoms with E-state index in [0.29, 0.717) is 12.3 Å². The van der Waals surface area contributed by atoms with E-state index in [1.807, 2.05) is 24.3 Å². The molecule has 0 heterocycles. The van der Waals surface area contributed by atoms with Crippen molar-refractivity contribution >= 4 is 11.9 Å². The standard InChI is InChI=1S/C26H32O4.Y/c1-2-18-8-12-21(13-9-18)22-14-10-20(11-15-22)17-24(26(29)30)23(25(27)28)16-19-6-4-3-5-7-19;/h8-15,19,23-24H,2-7,16-17H2,1H3,(H,27,28)(H,29,30);/t23-,24-;/m1./s1. The number of benzene rings is 2. The van der Waals surface area contributed by atoms with Gasteiger partial charge in [-0.25, -0.2) is 0 Å². The predicted octanol–water partition coefficient (Wildman–Crippen LogP) is 5.83. The molecule has 0 aromatic heterocycles. The molecule has 2 aromatic carbocycles. The monoisotopic (exact) mass is 497 g/mol. The van der Waals surface area contributed by atoms with Crippen LogP contribution in [0.25, 0.3) is 11.1 Å². The van der Waals surface area contributed by atoms with E-state index in [9.17, 15) is 19.8 Å². The molecule has 2 N–H and O–H groups in total. The molecule has 0 bridgehead atoms. The molecule has 1 fully saturated rings. The summed E-state index contributed by atoms with van der Waals surface area (Å²) in [7, 11) is 0. The number of hydrogen-bond acceptors (Lipinski definition) is 2. The third-order valence-electron chi connectivity index (χ3n) is 6.54. The Kier molecular flexibility index (Phi) is 10.4. The van der Waals surface area contributed by atoms with Gasteiger partial charge in [-0.15, -0.1) is 0 Å². The fourth-order valence-corrected chi connectivity index (χ4v) is 4.64. The number of hydrogen-bond donors (Lipinski definition) is 2. The van der Waals surface area contributed by atoms with Crippen LogP contribution in [0.3, 0.4) is 0 Å². The summed E-state index contributed by atoms with van der Waals surface area (Å²) in [5.74, 6) is -3.42. The van der Waals surface area contributed by atoms with Crippen LogP contribution in [0.2, 0.25) is 0 Å². The maximum absolute atomic E-state index is 12.0. The van der Waals surface area contributed by atoms with E-state index in [1.54, 1.807) is 0 Å². The van der Waals surface area contributed by atoms with E-state index < -0.39 is 23.8 Å². The molecule has 0 amide bonds. The van der Waals surface area contributed by atoms with Crippen LogP contribution in [-0.4, -0.2) is 22.2 Å². The van der Waals surface area contributed by atoms with Crippen molar-refractivity contribution in [3.63, 3.8) is 0 Å². The number of carboxylic acids is 2. The van der Waals surface area contributed by atoms with Gasteiger partial charge in [-0.05, 0) is 47.4 Å². The molecule has 31 heavy (non-hydrogen) atoms. The Balaban J connectivity index is 0.00000341. The van der Waals surface area contributed by atoms with Gasteiger partial charge in [0, 0.05) is 32.7 Å². The second kappa shape index (κ2) is 12.5. The van der Waals surface area contributed by atoms with Gasteiger partial charge in [0.2, 0.25) is 0 Å². The first-order valence-corrected chi connectivity index (χ1v) is 11.1. The Morgan fingerprint density at radius 3 is 1.74 bits per heavy atom. The van der Waals surface area contributed by atoms with Crippen molar-refractivity contribution in [2.24, 2.45) is 17.8 Å². The summed E-state index contributed by atoms with van der Waals surface area (Å²) in [4.78, 5) is 23.9. The normalized spacial score (nSPS) is 16.2. The minimum Gasteiger partial charge on any atom is -0.481 e. The van der Waals surface area contributed by atoms with E-state index in [-0.39, 0.29) is 39.1 Å². The zero-order valence-electron chi connectivity index (χ0n) is 18.3. The molecule has 5 heteroatoms. The van der Waals surface area contributed by atoms with Crippen molar-refractivity contribution in [3.8, 4) is 11.1 Å². The molecular weight excluding hydrogens is 465 g/mol. The predicted molar refractivity (Wildman–Crippen MR) is 118 cm³/mol. The van der Waals surface area contributed by atoms with Gasteiger partial charge in [-0.3, -0.25) is 9.59 Å². The zero-order valence-corrected chi connectivity index (χ0v) is 21.1. The average Bonchev–Trinajstić information content (AvgIpc) is 2.77. The summed E-state index contributed by atoms with van der Waals surface area (Å²) in [6.45, 7) is 2.13. The van der Waals surface area contributed by atoms with E-state index in [2.05, 4.69) is 31.2 Å². The summed E-state index contributed by atoms with van der Waals surface area (Å²) >= 11 is 0. The average molecular weight is 497 g/mol. The SMILES string of the molecule is CCc1ccc(-c2ccc(C[C@@H](C(=O)O)[C@@H](CC3CCCCC3)C(=O)O)cc2)cc1.[Y]. The quantitative estimate of drug-likeness (QED) is 0.457. The van der Waals surface area contributed by atoms with Crippen LogP contribution in [0.4, 0.5) is 0 Å². The van der Waals surface area contributed by atoms with Crippen molar-refractivity contribution in [1.82, 2.24) is 0 Å². The van der Waals surface area contributed by atoms with Crippen molar-refractivity contribution < 1.29 is 52.5 Å². The van der Waals surface area contributed by atoms with Gasteiger partial charge in [0.25, 0.3) is 0 Å². The number of carboxylic acid groups (broad SMARTS) is 2. The molecule has 0 unspecified atom stereocenters. The van der Waals surface area contributed by atoms with Gasteiger partial charge in [0.05, 0.1) is 11.8 Å². The van der Waals surface area contributed by atoms with Gasteiger partial charge in [0.1, 0.15) is 0 Å². The third-order valence-corrected chi connectivity index (χ3v) is 6.54. The Bertz CT molecular complexity index is 839. The minimum absolute atomic E-state index is 0. The fraction of sp³-hybridized carbons (Fsp3) is 0.462. The molecule has 0 spiro atoms. The van der Waals surface area contributed by atoms with Crippen molar-refractivity contribution in [2.45, 2.75) is 58.3 Å². The molecule has 4 nitrogen and oxygen atoms in total. The number of rotatable bonds is 9. The Morgan fingerprint density at radius 2 is 1.29 bits per heavy atom. The van der Waals surface area contributed by atoms with Gasteiger partial charge in [-0.1, -0.05) is 87.6 Å². The summed E-state index contributed by atoms with van der Waals surface area (Å²) in [5, 5.41) is 19.6. The molecular formula is C26H32O4Y. The first kappa shape index (κ1) is 25.7. The van der Waals surface area contributed by atoms with Crippen LogP contribution < -0.4 is 0 Å². The van der Waals surface area contributed by atoms with Crippen LogP contribution in [0.1, 0.15) is 56.6 Å². The maximum atomic E-state index is 12.0. The van der Waals surface area contributed by atoms with Crippen LogP contribution in [0.15, 0.2) is 48.5 Å². The largest absolute Gasteiger partial charge is 0.481 e.